The topological polar surface area (TPSA) is 26.3 Å². The second kappa shape index (κ2) is 6.02. The highest BCUT2D eigenvalue weighted by molar-refractivity contribution is 6.30. The molecule has 0 unspecified atom stereocenters. The first-order valence-corrected chi connectivity index (χ1v) is 7.06. The van der Waals surface area contributed by atoms with Crippen molar-refractivity contribution in [3.8, 4) is 0 Å². The van der Waals surface area contributed by atoms with E-state index >= 15 is 0 Å². The monoisotopic (exact) mass is 284 g/mol. The van der Waals surface area contributed by atoms with E-state index < -0.39 is 11.4 Å². The van der Waals surface area contributed by atoms with Crippen molar-refractivity contribution in [1.29, 1.82) is 0 Å². The van der Waals surface area contributed by atoms with Crippen LogP contribution in [-0.4, -0.2) is 18.0 Å². The van der Waals surface area contributed by atoms with Crippen molar-refractivity contribution in [3.05, 3.63) is 34.6 Å². The quantitative estimate of drug-likeness (QED) is 0.819. The molecule has 19 heavy (non-hydrogen) atoms. The fraction of sp³-hybridized carbons (Fsp3) is 0.533. The first kappa shape index (κ1) is 14.5. The summed E-state index contributed by atoms with van der Waals surface area (Å²) in [6.07, 6.45) is 3.78. The molecule has 1 fully saturated rings. The van der Waals surface area contributed by atoms with Gasteiger partial charge in [0.2, 0.25) is 0 Å². The first-order chi connectivity index (χ1) is 9.07. The molecule has 0 radical (unpaired) electrons. The molecular formula is C15H18ClFO2. The molecule has 2 nitrogen and oxygen atoms in total. The summed E-state index contributed by atoms with van der Waals surface area (Å²) in [6, 6.07) is 4.51. The summed E-state index contributed by atoms with van der Waals surface area (Å²) in [5, 5.41) is 0.0802. The zero-order valence-corrected chi connectivity index (χ0v) is 11.8. The second-order valence-electron chi connectivity index (χ2n) is 4.98. The molecule has 0 N–H and O–H groups in total. The maximum Gasteiger partial charge on any atom is 0.168 e. The molecule has 0 aromatic heterocycles. The Morgan fingerprint density at radius 2 is 2.11 bits per heavy atom. The SMILES string of the molecule is CCOC1(C(=O)Cc2ccc(Cl)c(F)c2)CCCC1. The molecule has 1 aliphatic carbocycles. The van der Waals surface area contributed by atoms with Gasteiger partial charge in [0.05, 0.1) is 5.02 Å². The van der Waals surface area contributed by atoms with Crippen LogP contribution in [0.1, 0.15) is 38.2 Å². The van der Waals surface area contributed by atoms with Crippen LogP contribution in [0.4, 0.5) is 4.39 Å². The van der Waals surface area contributed by atoms with Gasteiger partial charge in [0.1, 0.15) is 11.4 Å². The average molecular weight is 285 g/mol. The minimum atomic E-state index is -0.648. The zero-order chi connectivity index (χ0) is 13.9. The van der Waals surface area contributed by atoms with Gasteiger partial charge in [-0.25, -0.2) is 4.39 Å². The van der Waals surface area contributed by atoms with Gasteiger partial charge >= 0.3 is 0 Å². The van der Waals surface area contributed by atoms with Crippen LogP contribution in [0.5, 0.6) is 0 Å². The largest absolute Gasteiger partial charge is 0.367 e. The summed E-state index contributed by atoms with van der Waals surface area (Å²) < 4.78 is 19.1. The van der Waals surface area contributed by atoms with Crippen molar-refractivity contribution >= 4 is 17.4 Å². The zero-order valence-electron chi connectivity index (χ0n) is 11.0. The van der Waals surface area contributed by atoms with Crippen LogP contribution in [0.3, 0.4) is 0 Å². The smallest absolute Gasteiger partial charge is 0.168 e. The minimum Gasteiger partial charge on any atom is -0.367 e. The van der Waals surface area contributed by atoms with Crippen LogP contribution in [0, 0.1) is 5.82 Å². The van der Waals surface area contributed by atoms with Gasteiger partial charge in [-0.05, 0) is 50.3 Å². The molecule has 104 valence electrons. The Bertz CT molecular complexity index is 467. The fourth-order valence-corrected chi connectivity index (χ4v) is 2.84. The van der Waals surface area contributed by atoms with Crippen LogP contribution in [0.2, 0.25) is 5.02 Å². The van der Waals surface area contributed by atoms with Gasteiger partial charge in [-0.15, -0.1) is 0 Å². The van der Waals surface area contributed by atoms with Gasteiger partial charge in [0.15, 0.2) is 5.78 Å². The molecule has 0 spiro atoms. The number of carbonyl (C=O) groups is 1. The molecule has 2 rings (SSSR count). The molecule has 4 heteroatoms. The number of benzene rings is 1. The Morgan fingerprint density at radius 3 is 2.68 bits per heavy atom. The number of ketones is 1. The Balaban J connectivity index is 2.12. The van der Waals surface area contributed by atoms with Crippen molar-refractivity contribution in [2.24, 2.45) is 0 Å². The van der Waals surface area contributed by atoms with E-state index in [1.54, 1.807) is 6.07 Å². The molecule has 0 saturated heterocycles. The lowest BCUT2D eigenvalue weighted by atomic mass is 9.91. The highest BCUT2D eigenvalue weighted by atomic mass is 35.5. The Kier molecular flexibility index (Phi) is 4.58. The van der Waals surface area contributed by atoms with Crippen LogP contribution < -0.4 is 0 Å². The van der Waals surface area contributed by atoms with E-state index in [1.165, 1.54) is 12.1 Å². The second-order valence-corrected chi connectivity index (χ2v) is 5.39. The van der Waals surface area contributed by atoms with E-state index in [2.05, 4.69) is 0 Å². The van der Waals surface area contributed by atoms with E-state index in [0.717, 1.165) is 25.7 Å². The van der Waals surface area contributed by atoms with E-state index in [4.69, 9.17) is 16.3 Å². The van der Waals surface area contributed by atoms with Gasteiger partial charge in [-0.1, -0.05) is 17.7 Å². The van der Waals surface area contributed by atoms with E-state index in [9.17, 15) is 9.18 Å². The molecule has 1 aliphatic rings. The predicted octanol–water partition coefficient (Wildman–Crippen LogP) is 3.94. The van der Waals surface area contributed by atoms with E-state index in [-0.39, 0.29) is 17.2 Å². The molecule has 1 saturated carbocycles. The van der Waals surface area contributed by atoms with Crippen LogP contribution in [0.15, 0.2) is 18.2 Å². The van der Waals surface area contributed by atoms with Crippen molar-refractivity contribution in [2.45, 2.75) is 44.6 Å². The number of Topliss-reactive ketones (excluding diaryl/α,β-unsaturated/α-hetero) is 1. The normalized spacial score (nSPS) is 17.6. The maximum atomic E-state index is 13.4. The number of halogens is 2. The van der Waals surface area contributed by atoms with Gasteiger partial charge in [0.25, 0.3) is 0 Å². The summed E-state index contributed by atoms with van der Waals surface area (Å²) in [6.45, 7) is 2.43. The lowest BCUT2D eigenvalue weighted by Gasteiger charge is -2.27. The fourth-order valence-electron chi connectivity index (χ4n) is 2.72. The first-order valence-electron chi connectivity index (χ1n) is 6.68. The van der Waals surface area contributed by atoms with Crippen molar-refractivity contribution < 1.29 is 13.9 Å². The van der Waals surface area contributed by atoms with Gasteiger partial charge in [0, 0.05) is 13.0 Å². The Hall–Kier alpha value is -0.930. The highest BCUT2D eigenvalue weighted by Gasteiger charge is 2.41. The summed E-state index contributed by atoms with van der Waals surface area (Å²) in [4.78, 5) is 12.4. The standard InChI is InChI=1S/C15H18ClFO2/c1-2-19-15(7-3-4-8-15)14(18)10-11-5-6-12(16)13(17)9-11/h5-6,9H,2-4,7-8,10H2,1H3. The van der Waals surface area contributed by atoms with Crippen LogP contribution >= 0.6 is 11.6 Å². The molecule has 1 aromatic rings. The van der Waals surface area contributed by atoms with Crippen molar-refractivity contribution in [2.75, 3.05) is 6.61 Å². The molecule has 0 atom stereocenters. The lowest BCUT2D eigenvalue weighted by Crippen LogP contribution is -2.40. The summed E-state index contributed by atoms with van der Waals surface area (Å²) in [5.41, 5.74) is 0.00286. The Labute approximate surface area is 117 Å². The Morgan fingerprint density at radius 1 is 1.42 bits per heavy atom. The van der Waals surface area contributed by atoms with E-state index in [1.807, 2.05) is 6.92 Å². The summed E-state index contributed by atoms with van der Waals surface area (Å²) in [5.74, 6) is -0.433. The molecule has 0 aliphatic heterocycles. The van der Waals surface area contributed by atoms with Crippen LogP contribution in [-0.2, 0) is 16.0 Å². The molecule has 0 heterocycles. The third kappa shape index (κ3) is 3.15. The molecule has 0 amide bonds. The van der Waals surface area contributed by atoms with Gasteiger partial charge in [-0.2, -0.15) is 0 Å². The van der Waals surface area contributed by atoms with E-state index in [0.29, 0.717) is 12.2 Å². The van der Waals surface area contributed by atoms with Crippen molar-refractivity contribution in [3.63, 3.8) is 0 Å². The summed E-state index contributed by atoms with van der Waals surface area (Å²) >= 11 is 5.64. The van der Waals surface area contributed by atoms with Gasteiger partial charge < -0.3 is 4.74 Å². The number of rotatable bonds is 5. The highest BCUT2D eigenvalue weighted by Crippen LogP contribution is 2.35. The number of hydrogen-bond donors (Lipinski definition) is 0. The molecular weight excluding hydrogens is 267 g/mol. The third-order valence-electron chi connectivity index (χ3n) is 3.69. The minimum absolute atomic E-state index is 0.0496. The number of carbonyl (C=O) groups excluding carboxylic acids is 1. The van der Waals surface area contributed by atoms with Crippen molar-refractivity contribution in [1.82, 2.24) is 0 Å². The predicted molar refractivity (Wildman–Crippen MR) is 72.9 cm³/mol. The number of hydrogen-bond acceptors (Lipinski definition) is 2. The lowest BCUT2D eigenvalue weighted by molar-refractivity contribution is -0.142. The third-order valence-corrected chi connectivity index (χ3v) is 4.00. The van der Waals surface area contributed by atoms with Gasteiger partial charge in [-0.3, -0.25) is 4.79 Å². The number of ether oxygens (including phenoxy) is 1. The molecule has 1 aromatic carbocycles. The summed E-state index contributed by atoms with van der Waals surface area (Å²) in [7, 11) is 0. The average Bonchev–Trinajstić information content (AvgIpc) is 2.84. The van der Waals surface area contributed by atoms with Crippen LogP contribution in [0.25, 0.3) is 0 Å². The maximum absolute atomic E-state index is 13.4. The molecule has 0 bridgehead atoms.